The Balaban J connectivity index is 2.25. The van der Waals surface area contributed by atoms with Gasteiger partial charge in [0, 0.05) is 25.7 Å². The van der Waals surface area contributed by atoms with Gasteiger partial charge in [0.1, 0.15) is 5.75 Å². The number of hydrogen-bond acceptors (Lipinski definition) is 3. The molecule has 4 nitrogen and oxygen atoms in total. The minimum atomic E-state index is -0.989. The van der Waals surface area contributed by atoms with Gasteiger partial charge in [0.15, 0.2) is 0 Å². The molecule has 0 heterocycles. The highest BCUT2D eigenvalue weighted by Crippen LogP contribution is 2.29. The van der Waals surface area contributed by atoms with Crippen LogP contribution in [-0.2, 0) is 15.3 Å². The summed E-state index contributed by atoms with van der Waals surface area (Å²) < 4.78 is 11.5. The molecule has 1 unspecified atom stereocenters. The molecule has 2 aromatic carbocycles. The Labute approximate surface area is 129 Å². The lowest BCUT2D eigenvalue weighted by atomic mass is 10.1. The van der Waals surface area contributed by atoms with Crippen molar-refractivity contribution in [1.29, 1.82) is 0 Å². The monoisotopic (exact) mass is 298 g/mol. The Morgan fingerprint density at radius 2 is 1.86 bits per heavy atom. The number of methoxy groups -OCH3 is 1. The van der Waals surface area contributed by atoms with Crippen molar-refractivity contribution in [3.05, 3.63) is 71.8 Å². The van der Waals surface area contributed by atoms with E-state index in [2.05, 4.69) is 0 Å². The van der Waals surface area contributed by atoms with Gasteiger partial charge in [-0.1, -0.05) is 42.5 Å². The molecule has 0 bridgehead atoms. The van der Waals surface area contributed by atoms with Crippen molar-refractivity contribution in [3.8, 4) is 5.75 Å². The predicted molar refractivity (Wildman–Crippen MR) is 84.5 cm³/mol. The molecule has 0 amide bonds. The maximum atomic E-state index is 10.6. The summed E-state index contributed by atoms with van der Waals surface area (Å²) in [5.41, 5.74) is 1.63. The van der Waals surface area contributed by atoms with E-state index in [1.54, 1.807) is 31.4 Å². The number of benzene rings is 2. The molecule has 0 aliphatic carbocycles. The van der Waals surface area contributed by atoms with Crippen LogP contribution < -0.4 is 4.74 Å². The van der Waals surface area contributed by atoms with Gasteiger partial charge >= 0.3 is 5.97 Å². The van der Waals surface area contributed by atoms with Crippen molar-refractivity contribution >= 4 is 12.0 Å². The third-order valence-corrected chi connectivity index (χ3v) is 3.28. The van der Waals surface area contributed by atoms with Crippen molar-refractivity contribution < 1.29 is 19.4 Å². The SMILES string of the molecule is COC(C)(Oc1cccc(/C=C/C(=O)O)c1)c1ccccc1. The molecule has 0 aromatic heterocycles. The van der Waals surface area contributed by atoms with E-state index in [1.165, 1.54) is 6.08 Å². The summed E-state index contributed by atoms with van der Waals surface area (Å²) in [5.74, 6) is -1.31. The van der Waals surface area contributed by atoms with Gasteiger partial charge in [-0.05, 0) is 23.8 Å². The lowest BCUT2D eigenvalue weighted by Gasteiger charge is -2.29. The zero-order valence-corrected chi connectivity index (χ0v) is 12.5. The molecule has 0 saturated heterocycles. The van der Waals surface area contributed by atoms with Gasteiger partial charge in [-0.2, -0.15) is 0 Å². The van der Waals surface area contributed by atoms with Crippen LogP contribution >= 0.6 is 0 Å². The Hall–Kier alpha value is -2.59. The topological polar surface area (TPSA) is 55.8 Å². The van der Waals surface area contributed by atoms with E-state index < -0.39 is 11.8 Å². The van der Waals surface area contributed by atoms with Crippen LogP contribution in [0, 0.1) is 0 Å². The average molecular weight is 298 g/mol. The summed E-state index contributed by atoms with van der Waals surface area (Å²) in [4.78, 5) is 10.6. The lowest BCUT2D eigenvalue weighted by Crippen LogP contribution is -2.31. The van der Waals surface area contributed by atoms with Crippen LogP contribution in [0.25, 0.3) is 6.08 Å². The number of hydrogen-bond donors (Lipinski definition) is 1. The Morgan fingerprint density at radius 1 is 1.14 bits per heavy atom. The van der Waals surface area contributed by atoms with E-state index in [-0.39, 0.29) is 0 Å². The molecule has 0 aliphatic rings. The van der Waals surface area contributed by atoms with E-state index in [9.17, 15) is 4.79 Å². The maximum Gasteiger partial charge on any atom is 0.328 e. The summed E-state index contributed by atoms with van der Waals surface area (Å²) in [5, 5.41) is 8.68. The first-order valence-electron chi connectivity index (χ1n) is 6.84. The van der Waals surface area contributed by atoms with Crippen molar-refractivity contribution in [2.45, 2.75) is 12.7 Å². The quantitative estimate of drug-likeness (QED) is 0.653. The first-order chi connectivity index (χ1) is 10.5. The Bertz CT molecular complexity index is 664. The van der Waals surface area contributed by atoms with Crippen molar-refractivity contribution in [2.75, 3.05) is 7.11 Å². The van der Waals surface area contributed by atoms with E-state index in [0.717, 1.165) is 17.2 Å². The highest BCUT2D eigenvalue weighted by molar-refractivity contribution is 5.85. The second-order valence-electron chi connectivity index (χ2n) is 4.86. The number of rotatable bonds is 6. The summed E-state index contributed by atoms with van der Waals surface area (Å²) in [6, 6.07) is 16.8. The fourth-order valence-corrected chi connectivity index (χ4v) is 2.03. The Morgan fingerprint density at radius 3 is 2.50 bits per heavy atom. The fourth-order valence-electron chi connectivity index (χ4n) is 2.03. The first kappa shape index (κ1) is 15.8. The molecule has 0 saturated carbocycles. The molecule has 0 fully saturated rings. The molecule has 114 valence electrons. The van der Waals surface area contributed by atoms with Gasteiger partial charge in [-0.3, -0.25) is 0 Å². The van der Waals surface area contributed by atoms with Crippen molar-refractivity contribution in [3.63, 3.8) is 0 Å². The molecule has 2 aromatic rings. The van der Waals surface area contributed by atoms with Crippen LogP contribution in [0.1, 0.15) is 18.1 Å². The molecule has 1 N–H and O–H groups in total. The van der Waals surface area contributed by atoms with Crippen LogP contribution in [0.2, 0.25) is 0 Å². The van der Waals surface area contributed by atoms with Crippen LogP contribution in [0.5, 0.6) is 5.75 Å². The molecule has 0 spiro atoms. The smallest absolute Gasteiger partial charge is 0.328 e. The highest BCUT2D eigenvalue weighted by atomic mass is 16.7. The lowest BCUT2D eigenvalue weighted by molar-refractivity contribution is -0.157. The summed E-state index contributed by atoms with van der Waals surface area (Å²) in [6.07, 6.45) is 2.60. The molecular formula is C18H18O4. The van der Waals surface area contributed by atoms with Gasteiger partial charge in [0.25, 0.3) is 0 Å². The molecular weight excluding hydrogens is 280 g/mol. The van der Waals surface area contributed by atoms with Gasteiger partial charge in [0.05, 0.1) is 0 Å². The largest absolute Gasteiger partial charge is 0.478 e. The van der Waals surface area contributed by atoms with E-state index >= 15 is 0 Å². The normalized spacial score (nSPS) is 13.7. The zero-order valence-electron chi connectivity index (χ0n) is 12.5. The maximum absolute atomic E-state index is 10.6. The summed E-state index contributed by atoms with van der Waals surface area (Å²) in [6.45, 7) is 1.84. The summed E-state index contributed by atoms with van der Waals surface area (Å²) >= 11 is 0. The van der Waals surface area contributed by atoms with Gasteiger partial charge in [-0.15, -0.1) is 0 Å². The zero-order chi connectivity index (χ0) is 16.0. The molecule has 1 atom stereocenters. The van der Waals surface area contributed by atoms with Crippen molar-refractivity contribution in [1.82, 2.24) is 0 Å². The van der Waals surface area contributed by atoms with Gasteiger partial charge < -0.3 is 14.6 Å². The molecule has 4 heteroatoms. The summed E-state index contributed by atoms with van der Waals surface area (Å²) in [7, 11) is 1.58. The minimum absolute atomic E-state index is 0.598. The number of carbonyl (C=O) groups is 1. The third kappa shape index (κ3) is 3.96. The van der Waals surface area contributed by atoms with Gasteiger partial charge in [0.2, 0.25) is 5.79 Å². The highest BCUT2D eigenvalue weighted by Gasteiger charge is 2.28. The van der Waals surface area contributed by atoms with E-state index in [1.807, 2.05) is 37.3 Å². The molecule has 0 aliphatic heterocycles. The second-order valence-corrected chi connectivity index (χ2v) is 4.86. The van der Waals surface area contributed by atoms with Crippen LogP contribution in [-0.4, -0.2) is 18.2 Å². The predicted octanol–water partition coefficient (Wildman–Crippen LogP) is 3.68. The van der Waals surface area contributed by atoms with Gasteiger partial charge in [-0.25, -0.2) is 4.79 Å². The van der Waals surface area contributed by atoms with Crippen LogP contribution in [0.3, 0.4) is 0 Å². The fraction of sp³-hybridized carbons (Fsp3) is 0.167. The third-order valence-electron chi connectivity index (χ3n) is 3.28. The molecule has 22 heavy (non-hydrogen) atoms. The number of carboxylic acids is 1. The number of carboxylic acid groups (broad SMARTS) is 1. The average Bonchev–Trinajstić information content (AvgIpc) is 2.54. The molecule has 2 rings (SSSR count). The minimum Gasteiger partial charge on any atom is -0.478 e. The number of aliphatic carboxylic acids is 1. The van der Waals surface area contributed by atoms with E-state index in [4.69, 9.17) is 14.6 Å². The van der Waals surface area contributed by atoms with Crippen LogP contribution in [0.15, 0.2) is 60.7 Å². The standard InChI is InChI=1S/C18H18O4/c1-18(21-2,15-8-4-3-5-9-15)22-16-10-6-7-14(13-16)11-12-17(19)20/h3-13H,1-2H3,(H,19,20)/b12-11+. The molecule has 0 radical (unpaired) electrons. The number of ether oxygens (including phenoxy) is 2. The van der Waals surface area contributed by atoms with Crippen LogP contribution in [0.4, 0.5) is 0 Å². The van der Waals surface area contributed by atoms with E-state index in [0.29, 0.717) is 5.75 Å². The second kappa shape index (κ2) is 6.91. The van der Waals surface area contributed by atoms with Crippen molar-refractivity contribution in [2.24, 2.45) is 0 Å². The Kier molecular flexibility index (Phi) is 4.96. The first-order valence-corrected chi connectivity index (χ1v) is 6.84.